The molecule has 0 saturated heterocycles. The Hall–Kier alpha value is -2.07. The molecule has 2 atom stereocenters. The lowest BCUT2D eigenvalue weighted by Gasteiger charge is -2.18. The van der Waals surface area contributed by atoms with E-state index in [9.17, 15) is 19.5 Å². The minimum atomic E-state index is -0.959. The molecular formula is C49H94O10. The molecule has 350 valence electrons. The molecule has 0 rings (SSSR count). The van der Waals surface area contributed by atoms with E-state index in [0.717, 1.165) is 103 Å². The summed E-state index contributed by atoms with van der Waals surface area (Å²) in [5.41, 5.74) is 0. The molecule has 0 radical (unpaired) electrons. The maximum atomic E-state index is 12.4. The van der Waals surface area contributed by atoms with Crippen LogP contribution >= 0.6 is 0 Å². The van der Waals surface area contributed by atoms with Gasteiger partial charge in [0.2, 0.25) is 0 Å². The van der Waals surface area contributed by atoms with Gasteiger partial charge >= 0.3 is 18.3 Å². The Balaban J connectivity index is 4.17. The fourth-order valence-electron chi connectivity index (χ4n) is 7.28. The van der Waals surface area contributed by atoms with Crippen LogP contribution in [0.2, 0.25) is 0 Å². The molecule has 59 heavy (non-hydrogen) atoms. The van der Waals surface area contributed by atoms with E-state index in [2.05, 4.69) is 27.7 Å². The largest absolute Gasteiger partial charge is 0.508 e. The number of aliphatic carboxylic acids is 1. The number of unbranched alkanes of at least 4 members (excludes halogenated alkanes) is 24. The second-order valence-corrected chi connectivity index (χ2v) is 16.8. The van der Waals surface area contributed by atoms with Crippen LogP contribution in [0.25, 0.3) is 0 Å². The van der Waals surface area contributed by atoms with Gasteiger partial charge < -0.3 is 33.5 Å². The van der Waals surface area contributed by atoms with Gasteiger partial charge in [-0.05, 0) is 89.9 Å². The third-order valence-electron chi connectivity index (χ3n) is 11.0. The molecule has 0 aromatic rings. The molecule has 0 heterocycles. The van der Waals surface area contributed by atoms with Gasteiger partial charge in [0.25, 0.3) is 0 Å². The van der Waals surface area contributed by atoms with Gasteiger partial charge in [-0.3, -0.25) is 4.79 Å². The SMILES string of the molecule is CCCCCCCCCC(CCCCCC)OC(=O)OCCCCCCOC(CC(=O)O)OCCCCCCOC(=O)OC(CCCCCC)CCCCCCCCC. The highest BCUT2D eigenvalue weighted by Crippen LogP contribution is 2.19. The normalized spacial score (nSPS) is 12.9. The lowest BCUT2D eigenvalue weighted by atomic mass is 10.0. The highest BCUT2D eigenvalue weighted by molar-refractivity contribution is 5.67. The minimum absolute atomic E-state index is 0.0581. The Morgan fingerprint density at radius 1 is 0.373 bits per heavy atom. The van der Waals surface area contributed by atoms with Crippen LogP contribution in [0, 0.1) is 0 Å². The van der Waals surface area contributed by atoms with Gasteiger partial charge in [-0.25, -0.2) is 9.59 Å². The maximum absolute atomic E-state index is 12.4. The van der Waals surface area contributed by atoms with Crippen molar-refractivity contribution in [1.29, 1.82) is 0 Å². The fourth-order valence-corrected chi connectivity index (χ4v) is 7.28. The first-order chi connectivity index (χ1) is 28.9. The zero-order chi connectivity index (χ0) is 43.3. The van der Waals surface area contributed by atoms with Crippen LogP contribution < -0.4 is 0 Å². The van der Waals surface area contributed by atoms with E-state index in [1.54, 1.807) is 0 Å². The standard InChI is InChI=1S/C49H94O10/c1-5-9-13-17-19-21-29-37-44(35-27-15-11-7-3)58-48(52)56-41-33-25-23-31-39-54-47(43-46(50)51)55-40-32-24-26-34-42-57-49(53)59-45(36-28-16-12-8-4)38-30-22-20-18-14-10-6-2/h44-45,47H,5-43H2,1-4H3,(H,50,51). The lowest BCUT2D eigenvalue weighted by molar-refractivity contribution is -0.167. The average molecular weight is 843 g/mol. The van der Waals surface area contributed by atoms with E-state index >= 15 is 0 Å². The van der Waals surface area contributed by atoms with Crippen molar-refractivity contribution >= 4 is 18.3 Å². The third kappa shape index (κ3) is 42.4. The van der Waals surface area contributed by atoms with Crippen LogP contribution in [0.5, 0.6) is 0 Å². The van der Waals surface area contributed by atoms with Crippen molar-refractivity contribution in [3.05, 3.63) is 0 Å². The molecule has 0 aromatic carbocycles. The molecule has 0 aliphatic rings. The van der Waals surface area contributed by atoms with Gasteiger partial charge in [-0.1, -0.05) is 156 Å². The highest BCUT2D eigenvalue weighted by Gasteiger charge is 2.17. The fraction of sp³-hybridized carbons (Fsp3) is 0.939. The molecule has 0 aromatic heterocycles. The predicted octanol–water partition coefficient (Wildman–Crippen LogP) is 15.2. The summed E-state index contributed by atoms with van der Waals surface area (Å²) in [5.74, 6) is -0.959. The first-order valence-corrected chi connectivity index (χ1v) is 25.0. The molecule has 0 aliphatic heterocycles. The summed E-state index contributed by atoms with van der Waals surface area (Å²) >= 11 is 0. The number of hydrogen-bond acceptors (Lipinski definition) is 9. The van der Waals surface area contributed by atoms with E-state index in [1.807, 2.05) is 0 Å². The maximum Gasteiger partial charge on any atom is 0.508 e. The number of ether oxygens (including phenoxy) is 6. The first kappa shape index (κ1) is 56.9. The Bertz CT molecular complexity index is 851. The van der Waals surface area contributed by atoms with E-state index in [-0.39, 0.29) is 18.6 Å². The van der Waals surface area contributed by atoms with Gasteiger partial charge in [0, 0.05) is 13.2 Å². The molecule has 1 N–H and O–H groups in total. The summed E-state index contributed by atoms with van der Waals surface area (Å²) in [6.45, 7) is 10.4. The zero-order valence-electron chi connectivity index (χ0n) is 38.9. The van der Waals surface area contributed by atoms with Crippen molar-refractivity contribution in [3.8, 4) is 0 Å². The smallest absolute Gasteiger partial charge is 0.481 e. The third-order valence-corrected chi connectivity index (χ3v) is 11.0. The van der Waals surface area contributed by atoms with Crippen molar-refractivity contribution in [1.82, 2.24) is 0 Å². The number of carbonyl (C=O) groups is 3. The summed E-state index contributed by atoms with van der Waals surface area (Å²) < 4.78 is 33.8. The van der Waals surface area contributed by atoms with E-state index in [4.69, 9.17) is 28.4 Å². The molecule has 10 nitrogen and oxygen atoms in total. The Morgan fingerprint density at radius 2 is 0.644 bits per heavy atom. The van der Waals surface area contributed by atoms with E-state index in [1.165, 1.54) is 116 Å². The van der Waals surface area contributed by atoms with Crippen molar-refractivity contribution in [2.75, 3.05) is 26.4 Å². The topological polar surface area (TPSA) is 127 Å². The van der Waals surface area contributed by atoms with Gasteiger partial charge in [0.15, 0.2) is 6.29 Å². The Morgan fingerprint density at radius 3 is 0.966 bits per heavy atom. The number of rotatable bonds is 46. The van der Waals surface area contributed by atoms with Crippen LogP contribution in [0.4, 0.5) is 9.59 Å². The van der Waals surface area contributed by atoms with Gasteiger partial charge in [-0.15, -0.1) is 0 Å². The Kier molecular flexibility index (Phi) is 43.9. The zero-order valence-corrected chi connectivity index (χ0v) is 38.9. The monoisotopic (exact) mass is 843 g/mol. The van der Waals surface area contributed by atoms with Crippen molar-refractivity contribution in [2.45, 2.75) is 271 Å². The minimum Gasteiger partial charge on any atom is -0.481 e. The summed E-state index contributed by atoms with van der Waals surface area (Å²) in [5, 5.41) is 9.33. The molecule has 2 unspecified atom stereocenters. The average Bonchev–Trinajstić information content (AvgIpc) is 3.21. The van der Waals surface area contributed by atoms with Crippen molar-refractivity contribution in [2.24, 2.45) is 0 Å². The molecule has 0 aliphatic carbocycles. The van der Waals surface area contributed by atoms with Crippen LogP contribution in [0.3, 0.4) is 0 Å². The van der Waals surface area contributed by atoms with Crippen LogP contribution in [0.15, 0.2) is 0 Å². The van der Waals surface area contributed by atoms with Gasteiger partial charge in [0.05, 0.1) is 19.6 Å². The van der Waals surface area contributed by atoms with Crippen molar-refractivity contribution in [3.63, 3.8) is 0 Å². The lowest BCUT2D eigenvalue weighted by Crippen LogP contribution is -2.22. The summed E-state index contributed by atoms with van der Waals surface area (Å²) in [6.07, 6.45) is 34.7. The number of carbonyl (C=O) groups excluding carboxylic acids is 2. The van der Waals surface area contributed by atoms with Crippen molar-refractivity contribution < 1.29 is 47.9 Å². The number of carboxylic acids is 1. The second-order valence-electron chi connectivity index (χ2n) is 16.8. The molecule has 10 heteroatoms. The second kappa shape index (κ2) is 45.5. The number of hydrogen-bond donors (Lipinski definition) is 1. The first-order valence-electron chi connectivity index (χ1n) is 25.0. The molecule has 0 saturated carbocycles. The van der Waals surface area contributed by atoms with E-state index < -0.39 is 24.6 Å². The van der Waals surface area contributed by atoms with Gasteiger partial charge in [-0.2, -0.15) is 0 Å². The Labute approximate surface area is 362 Å². The molecular weight excluding hydrogens is 749 g/mol. The molecule has 0 amide bonds. The summed E-state index contributed by atoms with van der Waals surface area (Å²) in [7, 11) is 0. The predicted molar refractivity (Wildman–Crippen MR) is 240 cm³/mol. The van der Waals surface area contributed by atoms with E-state index in [0.29, 0.717) is 26.4 Å². The summed E-state index contributed by atoms with van der Waals surface area (Å²) in [4.78, 5) is 36.2. The molecule has 0 spiro atoms. The van der Waals surface area contributed by atoms with Crippen LogP contribution in [-0.2, 0) is 33.2 Å². The molecule has 0 bridgehead atoms. The number of carboxylic acid groups (broad SMARTS) is 1. The quantitative estimate of drug-likeness (QED) is 0.0359. The molecule has 0 fully saturated rings. The summed E-state index contributed by atoms with van der Waals surface area (Å²) in [6, 6.07) is 0. The van der Waals surface area contributed by atoms with Gasteiger partial charge in [0.1, 0.15) is 12.2 Å². The highest BCUT2D eigenvalue weighted by atomic mass is 16.7. The van der Waals surface area contributed by atoms with Crippen LogP contribution in [-0.4, -0.2) is 68.3 Å². The van der Waals surface area contributed by atoms with Crippen LogP contribution in [0.1, 0.15) is 252 Å².